The van der Waals surface area contributed by atoms with E-state index >= 15 is 0 Å². The zero-order chi connectivity index (χ0) is 18.4. The van der Waals surface area contributed by atoms with Gasteiger partial charge in [0.1, 0.15) is 6.17 Å². The maximum atomic E-state index is 2.45. The minimum Gasteiger partial charge on any atom is -0.347 e. The summed E-state index contributed by atoms with van der Waals surface area (Å²) in [6.07, 6.45) is 6.84. The predicted octanol–water partition coefficient (Wildman–Crippen LogP) is 4.08. The van der Waals surface area contributed by atoms with Crippen LogP contribution in [0.15, 0.2) is 48.9 Å². The third-order valence-electron chi connectivity index (χ3n) is 5.49. The lowest BCUT2D eigenvalue weighted by atomic mass is 9.88. The average molecular weight is 340 g/mol. The van der Waals surface area contributed by atoms with Gasteiger partial charge < -0.3 is 9.80 Å². The Kier molecular flexibility index (Phi) is 4.40. The smallest absolute Gasteiger partial charge is 0.198 e. The molecule has 1 aliphatic heterocycles. The van der Waals surface area contributed by atoms with Crippen LogP contribution in [0.2, 0.25) is 0 Å². The maximum Gasteiger partial charge on any atom is 0.198 e. The fraction of sp³-hybridized carbons (Fsp3) is 0.476. The molecule has 4 nitrogen and oxygen atoms in total. The fourth-order valence-corrected chi connectivity index (χ4v) is 4.09. The lowest BCUT2D eigenvalue weighted by Crippen LogP contribution is -2.48. The molecule has 0 amide bonds. The van der Waals surface area contributed by atoms with Gasteiger partial charge in [-0.05, 0) is 52.7 Å². The van der Waals surface area contributed by atoms with E-state index in [0.717, 1.165) is 0 Å². The van der Waals surface area contributed by atoms with E-state index in [9.17, 15) is 0 Å². The van der Waals surface area contributed by atoms with Crippen molar-refractivity contribution in [3.05, 3.63) is 60.1 Å². The van der Waals surface area contributed by atoms with Gasteiger partial charge in [0.25, 0.3) is 0 Å². The molecule has 2 aromatic rings. The van der Waals surface area contributed by atoms with E-state index in [4.69, 9.17) is 0 Å². The van der Waals surface area contributed by atoms with Crippen molar-refractivity contribution >= 4 is 5.82 Å². The molecule has 1 aliphatic rings. The Balaban J connectivity index is 1.91. The lowest BCUT2D eigenvalue weighted by molar-refractivity contribution is -0.789. The van der Waals surface area contributed by atoms with E-state index in [1.165, 1.54) is 16.9 Å². The van der Waals surface area contributed by atoms with Crippen LogP contribution in [-0.2, 0) is 12.6 Å². The molecule has 0 fully saturated rings. The highest BCUT2D eigenvalue weighted by Gasteiger charge is 2.37. The van der Waals surface area contributed by atoms with Gasteiger partial charge in [0.2, 0.25) is 0 Å². The number of hydrogen-bond acceptors (Lipinski definition) is 2. The second-order valence-electron chi connectivity index (χ2n) is 7.79. The fourth-order valence-electron chi connectivity index (χ4n) is 4.09. The first-order valence-electron chi connectivity index (χ1n) is 9.13. The Bertz CT molecular complexity index is 785. The molecule has 0 saturated heterocycles. The Morgan fingerprint density at radius 1 is 1.08 bits per heavy atom. The van der Waals surface area contributed by atoms with Crippen LogP contribution in [0.4, 0.5) is 5.82 Å². The van der Waals surface area contributed by atoms with Crippen LogP contribution >= 0.6 is 0 Å². The molecule has 1 aromatic carbocycles. The quantitative estimate of drug-likeness (QED) is 0.780. The molecule has 0 N–H and O–H groups in total. The standard InChI is InChI=1S/C21H31N4/c1-16(2)25-13-12-20(22(25)7)23-14-15-24(18(23)4)21(5,6)19-11-9-8-10-17(19)3/h8-16,18H,1-7H3/q+1/t18-/m1/s1. The molecule has 0 spiro atoms. The summed E-state index contributed by atoms with van der Waals surface area (Å²) in [5, 5.41) is 0. The summed E-state index contributed by atoms with van der Waals surface area (Å²) >= 11 is 0. The molecule has 0 aliphatic carbocycles. The molecular weight excluding hydrogens is 308 g/mol. The van der Waals surface area contributed by atoms with Crippen molar-refractivity contribution in [3.63, 3.8) is 0 Å². The third-order valence-corrected chi connectivity index (χ3v) is 5.49. The van der Waals surface area contributed by atoms with Gasteiger partial charge in [-0.1, -0.05) is 24.3 Å². The van der Waals surface area contributed by atoms with Crippen LogP contribution in [0, 0.1) is 6.92 Å². The number of benzene rings is 1. The minimum absolute atomic E-state index is 0.0742. The van der Waals surface area contributed by atoms with E-state index in [2.05, 4.69) is 117 Å². The predicted molar refractivity (Wildman–Crippen MR) is 103 cm³/mol. The van der Waals surface area contributed by atoms with Crippen molar-refractivity contribution in [2.24, 2.45) is 7.05 Å². The highest BCUT2D eigenvalue weighted by atomic mass is 15.5. The number of rotatable bonds is 4. The van der Waals surface area contributed by atoms with Gasteiger partial charge in [0, 0.05) is 12.4 Å². The van der Waals surface area contributed by atoms with Crippen LogP contribution in [-0.4, -0.2) is 15.7 Å². The topological polar surface area (TPSA) is 15.3 Å². The summed E-state index contributed by atoms with van der Waals surface area (Å²) in [6.45, 7) is 13.5. The van der Waals surface area contributed by atoms with Crippen LogP contribution in [0.1, 0.15) is 51.8 Å². The summed E-state index contributed by atoms with van der Waals surface area (Å²) < 4.78 is 4.49. The lowest BCUT2D eigenvalue weighted by Gasteiger charge is -2.42. The van der Waals surface area contributed by atoms with Gasteiger partial charge in [0.15, 0.2) is 18.1 Å². The van der Waals surface area contributed by atoms with Gasteiger partial charge in [0.05, 0.1) is 18.7 Å². The summed E-state index contributed by atoms with van der Waals surface area (Å²) in [7, 11) is 2.13. The van der Waals surface area contributed by atoms with E-state index < -0.39 is 0 Å². The molecule has 3 rings (SSSR count). The molecule has 134 valence electrons. The molecule has 4 heteroatoms. The first-order valence-corrected chi connectivity index (χ1v) is 9.13. The maximum absolute atomic E-state index is 2.45. The number of hydrogen-bond donors (Lipinski definition) is 0. The number of aryl methyl sites for hydroxylation is 1. The summed E-state index contributed by atoms with van der Waals surface area (Å²) in [4.78, 5) is 4.79. The monoisotopic (exact) mass is 339 g/mol. The number of aromatic nitrogens is 2. The molecule has 0 unspecified atom stereocenters. The van der Waals surface area contributed by atoms with E-state index in [0.29, 0.717) is 6.04 Å². The van der Waals surface area contributed by atoms with Crippen LogP contribution in [0.25, 0.3) is 0 Å². The SMILES string of the molecule is Cc1ccccc1C(C)(C)N1C=CN(c2cc[n+](C(C)C)n2C)[C@H]1C. The van der Waals surface area contributed by atoms with Crippen molar-refractivity contribution in [1.29, 1.82) is 0 Å². The van der Waals surface area contributed by atoms with Gasteiger partial charge >= 0.3 is 0 Å². The minimum atomic E-state index is -0.0742. The second kappa shape index (κ2) is 6.25. The third kappa shape index (κ3) is 2.84. The molecule has 1 aromatic heterocycles. The normalized spacial score (nSPS) is 17.8. The number of nitrogens with zero attached hydrogens (tertiary/aromatic N) is 4. The van der Waals surface area contributed by atoms with Crippen molar-refractivity contribution in [1.82, 2.24) is 9.58 Å². The van der Waals surface area contributed by atoms with Crippen LogP contribution in [0.5, 0.6) is 0 Å². The van der Waals surface area contributed by atoms with Crippen molar-refractivity contribution < 1.29 is 4.68 Å². The van der Waals surface area contributed by atoms with E-state index in [1.54, 1.807) is 0 Å². The highest BCUT2D eigenvalue weighted by molar-refractivity contribution is 5.45. The first kappa shape index (κ1) is 17.6. The van der Waals surface area contributed by atoms with Crippen LogP contribution < -0.4 is 9.58 Å². The van der Waals surface area contributed by atoms with Crippen molar-refractivity contribution in [2.45, 2.75) is 59.3 Å². The molecule has 25 heavy (non-hydrogen) atoms. The van der Waals surface area contributed by atoms with E-state index in [-0.39, 0.29) is 11.7 Å². The summed E-state index contributed by atoms with van der Waals surface area (Å²) in [5.74, 6) is 1.21. The Morgan fingerprint density at radius 3 is 2.36 bits per heavy atom. The van der Waals surface area contributed by atoms with Crippen LogP contribution in [0.3, 0.4) is 0 Å². The van der Waals surface area contributed by atoms with Gasteiger partial charge in [-0.25, -0.2) is 0 Å². The summed E-state index contributed by atoms with van der Waals surface area (Å²) in [5.41, 5.74) is 2.63. The van der Waals surface area contributed by atoms with Gasteiger partial charge in [-0.3, -0.25) is 0 Å². The molecular formula is C21H31N4+. The summed E-state index contributed by atoms with van der Waals surface area (Å²) in [6, 6.07) is 11.3. The van der Waals surface area contributed by atoms with Gasteiger partial charge in [-0.2, -0.15) is 0 Å². The highest BCUT2D eigenvalue weighted by Crippen LogP contribution is 2.36. The van der Waals surface area contributed by atoms with E-state index in [1.807, 2.05) is 0 Å². The first-order chi connectivity index (χ1) is 11.7. The Labute approximate surface area is 152 Å². The Morgan fingerprint density at radius 2 is 1.76 bits per heavy atom. The second-order valence-corrected chi connectivity index (χ2v) is 7.79. The average Bonchev–Trinajstić information content (AvgIpc) is 3.10. The number of anilines is 1. The van der Waals surface area contributed by atoms with Gasteiger partial charge in [-0.15, -0.1) is 9.36 Å². The molecule has 0 radical (unpaired) electrons. The molecule has 2 heterocycles. The zero-order valence-corrected chi connectivity index (χ0v) is 16.6. The molecule has 0 saturated carbocycles. The largest absolute Gasteiger partial charge is 0.347 e. The van der Waals surface area contributed by atoms with Crippen molar-refractivity contribution in [2.75, 3.05) is 4.90 Å². The molecule has 1 atom stereocenters. The zero-order valence-electron chi connectivity index (χ0n) is 16.6. The van der Waals surface area contributed by atoms with Crippen molar-refractivity contribution in [3.8, 4) is 0 Å². The molecule has 0 bridgehead atoms. The Hall–Kier alpha value is -2.23.